The maximum atomic E-state index is 5.12. The molecule has 1 rings (SSSR count). The molecule has 0 aliphatic heterocycles. The van der Waals surface area contributed by atoms with E-state index < -0.39 is 0 Å². The molecule has 0 unspecified atom stereocenters. The fourth-order valence-corrected chi connectivity index (χ4v) is 1.66. The SMILES string of the molecule is C[CH]Cc1ccc(OC)c(Br)c1. The zero-order valence-corrected chi connectivity index (χ0v) is 8.89. The molecule has 0 aromatic heterocycles. The molecule has 0 aliphatic carbocycles. The van der Waals surface area contributed by atoms with Gasteiger partial charge in [0.15, 0.2) is 0 Å². The van der Waals surface area contributed by atoms with Crippen molar-refractivity contribution in [1.29, 1.82) is 0 Å². The highest BCUT2D eigenvalue weighted by atomic mass is 79.9. The Hall–Kier alpha value is -0.500. The van der Waals surface area contributed by atoms with E-state index in [0.717, 1.165) is 16.6 Å². The van der Waals surface area contributed by atoms with Gasteiger partial charge in [0.05, 0.1) is 11.6 Å². The fraction of sp³-hybridized carbons (Fsp3) is 0.300. The van der Waals surface area contributed by atoms with E-state index in [-0.39, 0.29) is 0 Å². The normalized spacial score (nSPS) is 9.92. The van der Waals surface area contributed by atoms with E-state index in [0.29, 0.717) is 0 Å². The Morgan fingerprint density at radius 1 is 1.50 bits per heavy atom. The Morgan fingerprint density at radius 2 is 2.25 bits per heavy atom. The topological polar surface area (TPSA) is 9.23 Å². The molecule has 0 saturated carbocycles. The first-order chi connectivity index (χ1) is 5.77. The third-order valence-electron chi connectivity index (χ3n) is 1.66. The summed E-state index contributed by atoms with van der Waals surface area (Å²) in [6, 6.07) is 6.13. The van der Waals surface area contributed by atoms with Crippen molar-refractivity contribution >= 4 is 15.9 Å². The van der Waals surface area contributed by atoms with E-state index in [1.165, 1.54) is 5.56 Å². The van der Waals surface area contributed by atoms with E-state index in [1.807, 2.05) is 6.07 Å². The highest BCUT2D eigenvalue weighted by molar-refractivity contribution is 9.10. The lowest BCUT2D eigenvalue weighted by Gasteiger charge is -2.04. The molecule has 1 nitrogen and oxygen atoms in total. The van der Waals surface area contributed by atoms with Gasteiger partial charge in [0.1, 0.15) is 5.75 Å². The summed E-state index contributed by atoms with van der Waals surface area (Å²) in [7, 11) is 1.67. The van der Waals surface area contributed by atoms with E-state index >= 15 is 0 Å². The molecule has 0 aliphatic rings. The van der Waals surface area contributed by atoms with E-state index in [9.17, 15) is 0 Å². The molecule has 65 valence electrons. The summed E-state index contributed by atoms with van der Waals surface area (Å²) in [6.07, 6.45) is 3.14. The van der Waals surface area contributed by atoms with E-state index in [2.05, 4.69) is 41.4 Å². The van der Waals surface area contributed by atoms with Crippen LogP contribution in [0.1, 0.15) is 12.5 Å². The van der Waals surface area contributed by atoms with E-state index in [4.69, 9.17) is 4.74 Å². The Labute approximate surface area is 81.9 Å². The smallest absolute Gasteiger partial charge is 0.133 e. The molecule has 0 amide bonds. The predicted octanol–water partition coefficient (Wildman–Crippen LogP) is 3.22. The lowest BCUT2D eigenvalue weighted by molar-refractivity contribution is 0.412. The van der Waals surface area contributed by atoms with Crippen LogP contribution < -0.4 is 4.74 Å². The Balaban J connectivity index is 2.86. The van der Waals surface area contributed by atoms with Gasteiger partial charge in [-0.25, -0.2) is 0 Å². The van der Waals surface area contributed by atoms with Gasteiger partial charge in [0.2, 0.25) is 0 Å². The number of ether oxygens (including phenoxy) is 1. The van der Waals surface area contributed by atoms with E-state index in [1.54, 1.807) is 7.11 Å². The van der Waals surface area contributed by atoms with Crippen LogP contribution in [0.4, 0.5) is 0 Å². The first kappa shape index (κ1) is 9.59. The predicted molar refractivity (Wildman–Crippen MR) is 54.4 cm³/mol. The molecule has 2 heteroatoms. The fourth-order valence-electron chi connectivity index (χ4n) is 1.07. The average molecular weight is 228 g/mol. The number of benzene rings is 1. The third-order valence-corrected chi connectivity index (χ3v) is 2.28. The Bertz CT molecular complexity index is 258. The number of rotatable bonds is 3. The van der Waals surface area contributed by atoms with Crippen LogP contribution in [0.15, 0.2) is 22.7 Å². The summed E-state index contributed by atoms with van der Waals surface area (Å²) in [5.74, 6) is 0.884. The zero-order valence-electron chi connectivity index (χ0n) is 7.30. The maximum Gasteiger partial charge on any atom is 0.133 e. The average Bonchev–Trinajstić information content (AvgIpc) is 2.05. The van der Waals surface area contributed by atoms with Gasteiger partial charge >= 0.3 is 0 Å². The lowest BCUT2D eigenvalue weighted by Crippen LogP contribution is -1.87. The molecule has 0 fully saturated rings. The van der Waals surface area contributed by atoms with Gasteiger partial charge in [-0.05, 0) is 46.5 Å². The highest BCUT2D eigenvalue weighted by Gasteiger charge is 1.99. The van der Waals surface area contributed by atoms with Gasteiger partial charge in [-0.3, -0.25) is 0 Å². The quantitative estimate of drug-likeness (QED) is 0.771. The van der Waals surface area contributed by atoms with Gasteiger partial charge in [-0.1, -0.05) is 13.0 Å². The summed E-state index contributed by atoms with van der Waals surface area (Å²) < 4.78 is 6.14. The van der Waals surface area contributed by atoms with Crippen LogP contribution in [-0.2, 0) is 6.42 Å². The minimum absolute atomic E-state index is 0.884. The number of methoxy groups -OCH3 is 1. The van der Waals surface area contributed by atoms with Crippen LogP contribution in [0, 0.1) is 6.42 Å². The first-order valence-electron chi connectivity index (χ1n) is 3.88. The minimum Gasteiger partial charge on any atom is -0.496 e. The van der Waals surface area contributed by atoms with Gasteiger partial charge in [-0.2, -0.15) is 0 Å². The molecule has 0 spiro atoms. The van der Waals surface area contributed by atoms with Crippen molar-refractivity contribution in [2.75, 3.05) is 7.11 Å². The molecule has 1 aromatic carbocycles. The van der Waals surface area contributed by atoms with Crippen LogP contribution >= 0.6 is 15.9 Å². The molecule has 1 aromatic rings. The second kappa shape index (κ2) is 4.51. The van der Waals surface area contributed by atoms with Crippen LogP contribution in [0.25, 0.3) is 0 Å². The number of hydrogen-bond donors (Lipinski definition) is 0. The summed E-state index contributed by atoms with van der Waals surface area (Å²) in [6.45, 7) is 2.05. The van der Waals surface area contributed by atoms with Crippen molar-refractivity contribution in [2.24, 2.45) is 0 Å². The second-order valence-electron chi connectivity index (χ2n) is 2.58. The summed E-state index contributed by atoms with van der Waals surface area (Å²) in [4.78, 5) is 0. The van der Waals surface area contributed by atoms with Crippen molar-refractivity contribution in [3.8, 4) is 5.75 Å². The van der Waals surface area contributed by atoms with Crippen molar-refractivity contribution in [2.45, 2.75) is 13.3 Å². The lowest BCUT2D eigenvalue weighted by atomic mass is 10.1. The molecule has 0 atom stereocenters. The molecule has 12 heavy (non-hydrogen) atoms. The molecular formula is C10H12BrO. The molecule has 1 radical (unpaired) electrons. The van der Waals surface area contributed by atoms with Gasteiger partial charge in [0, 0.05) is 0 Å². The summed E-state index contributed by atoms with van der Waals surface area (Å²) >= 11 is 3.44. The Morgan fingerprint density at radius 3 is 2.75 bits per heavy atom. The number of hydrogen-bond acceptors (Lipinski definition) is 1. The van der Waals surface area contributed by atoms with Crippen molar-refractivity contribution in [3.63, 3.8) is 0 Å². The van der Waals surface area contributed by atoms with Crippen LogP contribution in [-0.4, -0.2) is 7.11 Å². The summed E-state index contributed by atoms with van der Waals surface area (Å²) in [5.41, 5.74) is 1.30. The Kier molecular flexibility index (Phi) is 3.60. The van der Waals surface area contributed by atoms with Gasteiger partial charge in [0.25, 0.3) is 0 Å². The zero-order chi connectivity index (χ0) is 8.97. The molecular weight excluding hydrogens is 216 g/mol. The third kappa shape index (κ3) is 2.24. The van der Waals surface area contributed by atoms with Crippen molar-refractivity contribution < 1.29 is 4.74 Å². The minimum atomic E-state index is 0.884. The van der Waals surface area contributed by atoms with Crippen LogP contribution in [0.5, 0.6) is 5.75 Å². The second-order valence-corrected chi connectivity index (χ2v) is 3.44. The summed E-state index contributed by atoms with van der Waals surface area (Å²) in [5, 5.41) is 0. The monoisotopic (exact) mass is 227 g/mol. The number of halogens is 1. The first-order valence-corrected chi connectivity index (χ1v) is 4.67. The molecule has 0 saturated heterocycles. The molecule has 0 heterocycles. The molecule has 0 bridgehead atoms. The van der Waals surface area contributed by atoms with Crippen molar-refractivity contribution in [3.05, 3.63) is 34.7 Å². The molecule has 0 N–H and O–H groups in total. The van der Waals surface area contributed by atoms with Crippen LogP contribution in [0.3, 0.4) is 0 Å². The maximum absolute atomic E-state index is 5.12. The standard InChI is InChI=1S/C10H12BrO/c1-3-4-8-5-6-10(12-2)9(11)7-8/h3,5-7H,4H2,1-2H3. The highest BCUT2D eigenvalue weighted by Crippen LogP contribution is 2.25. The van der Waals surface area contributed by atoms with Crippen molar-refractivity contribution in [1.82, 2.24) is 0 Å². The van der Waals surface area contributed by atoms with Gasteiger partial charge in [-0.15, -0.1) is 0 Å². The van der Waals surface area contributed by atoms with Crippen LogP contribution in [0.2, 0.25) is 0 Å². The largest absolute Gasteiger partial charge is 0.496 e. The van der Waals surface area contributed by atoms with Gasteiger partial charge < -0.3 is 4.74 Å².